The maximum Gasteiger partial charge on any atom is 0.337 e. The molecule has 24 heavy (non-hydrogen) atoms. The first-order valence-corrected chi connectivity index (χ1v) is 7.50. The second-order valence-electron chi connectivity index (χ2n) is 5.23. The van der Waals surface area contributed by atoms with E-state index in [1.807, 2.05) is 6.92 Å². The number of hydrogen-bond donors (Lipinski definition) is 1. The molecule has 2 amide bonds. The van der Waals surface area contributed by atoms with Gasteiger partial charge in [0.2, 0.25) is 0 Å². The van der Waals surface area contributed by atoms with Crippen LogP contribution >= 0.6 is 0 Å². The molecule has 128 valence electrons. The normalized spacial score (nSPS) is 17.4. The lowest BCUT2D eigenvalue weighted by atomic mass is 9.94. The Balaban J connectivity index is 2.47. The number of ether oxygens (including phenoxy) is 2. The highest BCUT2D eigenvalue weighted by Gasteiger charge is 2.35. The van der Waals surface area contributed by atoms with Gasteiger partial charge in [0.15, 0.2) is 0 Å². The Morgan fingerprint density at radius 1 is 1.12 bits per heavy atom. The summed E-state index contributed by atoms with van der Waals surface area (Å²) in [4.78, 5) is 37.5. The van der Waals surface area contributed by atoms with E-state index in [1.165, 1.54) is 19.1 Å². The van der Waals surface area contributed by atoms with Crippen LogP contribution in [0, 0.1) is 0 Å². The summed E-state index contributed by atoms with van der Waals surface area (Å²) in [6.07, 6.45) is 0. The number of urea groups is 1. The van der Waals surface area contributed by atoms with Crippen molar-refractivity contribution in [3.05, 3.63) is 46.7 Å². The van der Waals surface area contributed by atoms with E-state index in [1.54, 1.807) is 31.2 Å². The summed E-state index contributed by atoms with van der Waals surface area (Å²) in [5.41, 5.74) is 1.98. The molecule has 0 fully saturated rings. The van der Waals surface area contributed by atoms with E-state index in [9.17, 15) is 14.4 Å². The van der Waals surface area contributed by atoms with E-state index in [2.05, 4.69) is 10.1 Å². The number of hydrogen-bond acceptors (Lipinski definition) is 5. The maximum absolute atomic E-state index is 12.3. The van der Waals surface area contributed by atoms with E-state index in [0.717, 1.165) is 0 Å². The van der Waals surface area contributed by atoms with Gasteiger partial charge in [-0.15, -0.1) is 0 Å². The van der Waals surface area contributed by atoms with Gasteiger partial charge in [-0.3, -0.25) is 4.90 Å². The topological polar surface area (TPSA) is 84.9 Å². The van der Waals surface area contributed by atoms with Crippen molar-refractivity contribution in [2.45, 2.75) is 19.9 Å². The van der Waals surface area contributed by atoms with Crippen LogP contribution < -0.4 is 5.32 Å². The molecule has 0 bridgehead atoms. The fourth-order valence-corrected chi connectivity index (χ4v) is 2.72. The van der Waals surface area contributed by atoms with Crippen LogP contribution in [0.25, 0.3) is 0 Å². The van der Waals surface area contributed by atoms with Crippen LogP contribution in [0.1, 0.15) is 35.8 Å². The molecule has 1 aliphatic rings. The van der Waals surface area contributed by atoms with Gasteiger partial charge in [-0.25, -0.2) is 14.4 Å². The van der Waals surface area contributed by atoms with Gasteiger partial charge in [0.1, 0.15) is 0 Å². The van der Waals surface area contributed by atoms with Crippen LogP contribution in [0.2, 0.25) is 0 Å². The molecule has 0 saturated carbocycles. The van der Waals surface area contributed by atoms with Crippen LogP contribution in [-0.4, -0.2) is 43.6 Å². The molecule has 1 aromatic carbocycles. The van der Waals surface area contributed by atoms with E-state index < -0.39 is 18.0 Å². The predicted octanol–water partition coefficient (Wildman–Crippen LogP) is 2.01. The predicted molar refractivity (Wildman–Crippen MR) is 86.2 cm³/mol. The van der Waals surface area contributed by atoms with Crippen molar-refractivity contribution in [2.75, 3.05) is 20.8 Å². The van der Waals surface area contributed by atoms with E-state index in [0.29, 0.717) is 28.9 Å². The lowest BCUT2D eigenvalue weighted by Gasteiger charge is -2.34. The SMILES string of the molecule is CCN1C(=O)NC(c2ccc(C(=O)OC)cc2)C(C(=O)OC)=C1C. The Morgan fingerprint density at radius 3 is 2.21 bits per heavy atom. The van der Waals surface area contributed by atoms with Gasteiger partial charge in [-0.2, -0.15) is 0 Å². The third kappa shape index (κ3) is 3.10. The molecule has 7 nitrogen and oxygen atoms in total. The molecule has 1 aliphatic heterocycles. The number of allylic oxidation sites excluding steroid dienone is 1. The smallest absolute Gasteiger partial charge is 0.337 e. The number of nitrogens with zero attached hydrogens (tertiary/aromatic N) is 1. The maximum atomic E-state index is 12.3. The molecule has 7 heteroatoms. The highest BCUT2D eigenvalue weighted by molar-refractivity contribution is 5.95. The van der Waals surface area contributed by atoms with Crippen molar-refractivity contribution in [1.82, 2.24) is 10.2 Å². The molecule has 2 rings (SSSR count). The molecular weight excluding hydrogens is 312 g/mol. The Hall–Kier alpha value is -2.83. The number of rotatable bonds is 4. The van der Waals surface area contributed by atoms with Crippen LogP contribution in [0.15, 0.2) is 35.5 Å². The van der Waals surface area contributed by atoms with Crippen molar-refractivity contribution in [1.29, 1.82) is 0 Å². The Morgan fingerprint density at radius 2 is 1.71 bits per heavy atom. The number of carbonyl (C=O) groups excluding carboxylic acids is 3. The van der Waals surface area contributed by atoms with Gasteiger partial charge < -0.3 is 14.8 Å². The Kier molecular flexibility index (Phi) is 5.23. The standard InChI is InChI=1S/C17H20N2O5/c1-5-19-10(2)13(16(21)24-4)14(18-17(19)22)11-6-8-12(9-7-11)15(20)23-3/h6-9,14H,5H2,1-4H3,(H,18,22). The van der Waals surface area contributed by atoms with Crippen molar-refractivity contribution < 1.29 is 23.9 Å². The fraction of sp³-hybridized carbons (Fsp3) is 0.353. The van der Waals surface area contributed by atoms with Gasteiger partial charge in [-0.05, 0) is 31.5 Å². The molecule has 1 heterocycles. The summed E-state index contributed by atoms with van der Waals surface area (Å²) in [6.45, 7) is 3.97. The van der Waals surface area contributed by atoms with Crippen LogP contribution in [0.3, 0.4) is 0 Å². The van der Waals surface area contributed by atoms with E-state index >= 15 is 0 Å². The highest BCUT2D eigenvalue weighted by atomic mass is 16.5. The van der Waals surface area contributed by atoms with Gasteiger partial charge in [0.05, 0.1) is 31.4 Å². The van der Waals surface area contributed by atoms with Crippen molar-refractivity contribution in [3.8, 4) is 0 Å². The number of benzene rings is 1. The summed E-state index contributed by atoms with van der Waals surface area (Å²) in [7, 11) is 2.60. The van der Waals surface area contributed by atoms with Crippen molar-refractivity contribution in [3.63, 3.8) is 0 Å². The lowest BCUT2D eigenvalue weighted by molar-refractivity contribution is -0.136. The number of esters is 2. The monoisotopic (exact) mass is 332 g/mol. The van der Waals surface area contributed by atoms with Crippen LogP contribution in [0.4, 0.5) is 4.79 Å². The zero-order chi connectivity index (χ0) is 17.9. The van der Waals surface area contributed by atoms with Crippen LogP contribution in [0.5, 0.6) is 0 Å². The molecule has 0 spiro atoms. The van der Waals surface area contributed by atoms with E-state index in [4.69, 9.17) is 4.74 Å². The summed E-state index contributed by atoms with van der Waals surface area (Å²) in [6, 6.07) is 5.60. The zero-order valence-corrected chi connectivity index (χ0v) is 14.1. The molecule has 1 N–H and O–H groups in total. The fourth-order valence-electron chi connectivity index (χ4n) is 2.72. The molecule has 0 radical (unpaired) electrons. The Bertz CT molecular complexity index is 693. The minimum absolute atomic E-state index is 0.287. The zero-order valence-electron chi connectivity index (χ0n) is 14.1. The number of carbonyl (C=O) groups is 3. The average Bonchev–Trinajstić information content (AvgIpc) is 2.60. The minimum atomic E-state index is -0.639. The third-order valence-electron chi connectivity index (χ3n) is 3.98. The molecule has 0 aliphatic carbocycles. The number of methoxy groups -OCH3 is 2. The lowest BCUT2D eigenvalue weighted by Crippen LogP contribution is -2.47. The highest BCUT2D eigenvalue weighted by Crippen LogP contribution is 2.31. The largest absolute Gasteiger partial charge is 0.466 e. The molecule has 1 aromatic rings. The summed E-state index contributed by atoms with van der Waals surface area (Å²) in [5, 5.41) is 2.80. The summed E-state index contributed by atoms with van der Waals surface area (Å²) in [5.74, 6) is -0.959. The van der Waals surface area contributed by atoms with Gasteiger partial charge in [0.25, 0.3) is 0 Å². The first-order valence-electron chi connectivity index (χ1n) is 7.50. The molecule has 1 unspecified atom stereocenters. The molecule has 0 aromatic heterocycles. The van der Waals surface area contributed by atoms with Crippen molar-refractivity contribution >= 4 is 18.0 Å². The van der Waals surface area contributed by atoms with Crippen LogP contribution in [-0.2, 0) is 14.3 Å². The second kappa shape index (κ2) is 7.16. The summed E-state index contributed by atoms with van der Waals surface area (Å²) >= 11 is 0. The summed E-state index contributed by atoms with van der Waals surface area (Å²) < 4.78 is 9.53. The molecule has 1 atom stereocenters. The second-order valence-corrected chi connectivity index (χ2v) is 5.23. The van der Waals surface area contributed by atoms with Crippen molar-refractivity contribution in [2.24, 2.45) is 0 Å². The van der Waals surface area contributed by atoms with Gasteiger partial charge in [0, 0.05) is 12.2 Å². The third-order valence-corrected chi connectivity index (χ3v) is 3.98. The van der Waals surface area contributed by atoms with Gasteiger partial charge in [-0.1, -0.05) is 12.1 Å². The van der Waals surface area contributed by atoms with E-state index in [-0.39, 0.29) is 6.03 Å². The first kappa shape index (κ1) is 17.5. The number of amides is 2. The average molecular weight is 332 g/mol. The molecular formula is C17H20N2O5. The Labute approximate surface area is 140 Å². The number of nitrogens with one attached hydrogen (secondary N) is 1. The quantitative estimate of drug-likeness (QED) is 0.853. The van der Waals surface area contributed by atoms with Gasteiger partial charge >= 0.3 is 18.0 Å². The molecule has 0 saturated heterocycles. The minimum Gasteiger partial charge on any atom is -0.466 e. The first-order chi connectivity index (χ1) is 11.4.